The molecule has 1 saturated carbocycles. The lowest BCUT2D eigenvalue weighted by molar-refractivity contribution is -0.0729. The topological polar surface area (TPSA) is 87.9 Å². The molecule has 0 radical (unpaired) electrons. The van der Waals surface area contributed by atoms with E-state index in [1.165, 1.54) is 23.4 Å². The number of hydroxylamine groups is 2. The van der Waals surface area contributed by atoms with Gasteiger partial charge in [-0.15, -0.1) is 0 Å². The molecule has 3 amide bonds. The third kappa shape index (κ3) is 2.26. The van der Waals surface area contributed by atoms with Gasteiger partial charge in [-0.25, -0.2) is 19.9 Å². The van der Waals surface area contributed by atoms with Crippen molar-refractivity contribution in [1.82, 2.24) is 20.5 Å². The molecule has 2 aliphatic rings. The van der Waals surface area contributed by atoms with Gasteiger partial charge < -0.3 is 4.42 Å². The first-order valence-corrected chi connectivity index (χ1v) is 6.08. The van der Waals surface area contributed by atoms with Gasteiger partial charge in [0.15, 0.2) is 11.6 Å². The smallest absolute Gasteiger partial charge is 0.362 e. The Kier molecular flexibility index (Phi) is 2.86. The molecule has 1 aromatic heterocycles. The zero-order valence-corrected chi connectivity index (χ0v) is 10.5. The van der Waals surface area contributed by atoms with Crippen LogP contribution >= 0.6 is 0 Å². The summed E-state index contributed by atoms with van der Waals surface area (Å²) >= 11 is 0. The molecule has 1 N–H and O–H groups in total. The molecule has 19 heavy (non-hydrogen) atoms. The van der Waals surface area contributed by atoms with Crippen LogP contribution in [0, 0.1) is 0 Å². The molecule has 8 nitrogen and oxygen atoms in total. The summed E-state index contributed by atoms with van der Waals surface area (Å²) in [6.45, 7) is 0.771. The molecular formula is C11H14N4O4. The predicted molar refractivity (Wildman–Crippen MR) is 61.8 cm³/mol. The van der Waals surface area contributed by atoms with Gasteiger partial charge in [0.05, 0.1) is 20.2 Å². The minimum atomic E-state index is -0.457. The van der Waals surface area contributed by atoms with Crippen LogP contribution < -0.4 is 5.43 Å². The summed E-state index contributed by atoms with van der Waals surface area (Å²) in [6.07, 6.45) is 3.42. The Balaban J connectivity index is 1.62. The highest BCUT2D eigenvalue weighted by Crippen LogP contribution is 2.39. The lowest BCUT2D eigenvalue weighted by Crippen LogP contribution is -2.44. The van der Waals surface area contributed by atoms with Crippen molar-refractivity contribution in [2.75, 3.05) is 20.2 Å². The van der Waals surface area contributed by atoms with Crippen LogP contribution in [0.3, 0.4) is 0 Å². The molecule has 0 bridgehead atoms. The van der Waals surface area contributed by atoms with E-state index in [0.29, 0.717) is 24.9 Å². The first kappa shape index (κ1) is 12.0. The van der Waals surface area contributed by atoms with E-state index >= 15 is 0 Å². The summed E-state index contributed by atoms with van der Waals surface area (Å²) in [5.74, 6) is 0.484. The molecule has 0 aromatic carbocycles. The predicted octanol–water partition coefficient (Wildman–Crippen LogP) is 0.496. The highest BCUT2D eigenvalue weighted by molar-refractivity contribution is 5.93. The number of oxazole rings is 1. The van der Waals surface area contributed by atoms with Gasteiger partial charge in [0, 0.05) is 5.92 Å². The van der Waals surface area contributed by atoms with Crippen molar-refractivity contribution in [3.63, 3.8) is 0 Å². The van der Waals surface area contributed by atoms with E-state index in [4.69, 9.17) is 9.25 Å². The number of carbonyl (C=O) groups is 2. The highest BCUT2D eigenvalue weighted by atomic mass is 16.7. The molecule has 1 saturated heterocycles. The molecule has 0 spiro atoms. The van der Waals surface area contributed by atoms with E-state index in [2.05, 4.69) is 10.4 Å². The average molecular weight is 266 g/mol. The second-order valence-electron chi connectivity index (χ2n) is 4.51. The van der Waals surface area contributed by atoms with E-state index in [-0.39, 0.29) is 5.69 Å². The minimum Gasteiger partial charge on any atom is -0.448 e. The van der Waals surface area contributed by atoms with Crippen LogP contribution in [0.2, 0.25) is 0 Å². The molecule has 102 valence electrons. The fourth-order valence-corrected chi connectivity index (χ4v) is 1.88. The number of carbonyl (C=O) groups excluding carboxylic acids is 2. The highest BCUT2D eigenvalue weighted by Gasteiger charge is 2.32. The first-order chi connectivity index (χ1) is 9.19. The van der Waals surface area contributed by atoms with Crippen LogP contribution in [0.5, 0.6) is 0 Å². The Morgan fingerprint density at radius 1 is 1.53 bits per heavy atom. The van der Waals surface area contributed by atoms with E-state index in [1.807, 2.05) is 0 Å². The zero-order chi connectivity index (χ0) is 13.4. The number of aromatic nitrogens is 1. The molecule has 2 heterocycles. The zero-order valence-electron chi connectivity index (χ0n) is 10.5. The lowest BCUT2D eigenvalue weighted by atomic mass is 10.4. The van der Waals surface area contributed by atoms with E-state index in [9.17, 15) is 9.59 Å². The largest absolute Gasteiger partial charge is 0.448 e. The van der Waals surface area contributed by atoms with Gasteiger partial charge in [0.2, 0.25) is 0 Å². The van der Waals surface area contributed by atoms with Crippen LogP contribution in [0.1, 0.15) is 35.1 Å². The van der Waals surface area contributed by atoms with Crippen molar-refractivity contribution in [3.05, 3.63) is 17.8 Å². The summed E-state index contributed by atoms with van der Waals surface area (Å²) in [7, 11) is 1.41. The Morgan fingerprint density at radius 3 is 2.95 bits per heavy atom. The Bertz CT molecular complexity index is 511. The number of rotatable bonds is 4. The van der Waals surface area contributed by atoms with Crippen molar-refractivity contribution in [3.8, 4) is 0 Å². The van der Waals surface area contributed by atoms with Crippen molar-refractivity contribution in [2.24, 2.45) is 0 Å². The second-order valence-corrected chi connectivity index (χ2v) is 4.51. The standard InChI is InChI=1S/C11H14N4O4/c1-18-15-5-4-14(11(15)17)13-9(16)8-6-19-10(12-8)7-2-3-7/h6-7H,2-5H2,1H3,(H,13,16). The quantitative estimate of drug-likeness (QED) is 0.857. The van der Waals surface area contributed by atoms with Crippen LogP contribution in [0.25, 0.3) is 0 Å². The molecule has 2 fully saturated rings. The molecule has 1 aliphatic heterocycles. The van der Waals surface area contributed by atoms with E-state index in [0.717, 1.165) is 12.8 Å². The molecule has 8 heteroatoms. The molecule has 1 aromatic rings. The maximum absolute atomic E-state index is 11.9. The van der Waals surface area contributed by atoms with Crippen molar-refractivity contribution in [2.45, 2.75) is 18.8 Å². The monoisotopic (exact) mass is 266 g/mol. The normalized spacial score (nSPS) is 19.1. The van der Waals surface area contributed by atoms with Gasteiger partial charge in [-0.2, -0.15) is 0 Å². The van der Waals surface area contributed by atoms with Gasteiger partial charge >= 0.3 is 6.03 Å². The summed E-state index contributed by atoms with van der Waals surface area (Å²) in [4.78, 5) is 32.6. The summed E-state index contributed by atoms with van der Waals surface area (Å²) in [5.41, 5.74) is 2.67. The Labute approximate surface area is 109 Å². The lowest BCUT2D eigenvalue weighted by Gasteiger charge is -2.16. The molecular weight excluding hydrogens is 252 g/mol. The number of hydrogen-bond acceptors (Lipinski definition) is 5. The van der Waals surface area contributed by atoms with Gasteiger partial charge in [-0.1, -0.05) is 0 Å². The molecule has 3 rings (SSSR count). The van der Waals surface area contributed by atoms with Crippen molar-refractivity contribution < 1.29 is 18.8 Å². The molecule has 0 unspecified atom stereocenters. The maximum Gasteiger partial charge on any atom is 0.362 e. The van der Waals surface area contributed by atoms with Gasteiger partial charge in [0.1, 0.15) is 6.26 Å². The summed E-state index contributed by atoms with van der Waals surface area (Å²) < 4.78 is 5.23. The number of hydrazine groups is 1. The fourth-order valence-electron chi connectivity index (χ4n) is 1.88. The van der Waals surface area contributed by atoms with E-state index in [1.54, 1.807) is 0 Å². The minimum absolute atomic E-state index is 0.186. The van der Waals surface area contributed by atoms with Gasteiger partial charge in [-0.05, 0) is 12.8 Å². The summed E-state index contributed by atoms with van der Waals surface area (Å²) in [5, 5.41) is 2.36. The number of hydrogen-bond donors (Lipinski definition) is 1. The second kappa shape index (κ2) is 4.54. The van der Waals surface area contributed by atoms with Crippen molar-refractivity contribution in [1.29, 1.82) is 0 Å². The number of amides is 3. The van der Waals surface area contributed by atoms with Crippen LogP contribution in [-0.2, 0) is 4.84 Å². The van der Waals surface area contributed by atoms with Gasteiger partial charge in [-0.3, -0.25) is 15.1 Å². The van der Waals surface area contributed by atoms with Crippen LogP contribution in [0.15, 0.2) is 10.7 Å². The van der Waals surface area contributed by atoms with Crippen molar-refractivity contribution >= 4 is 11.9 Å². The Morgan fingerprint density at radius 2 is 2.32 bits per heavy atom. The first-order valence-electron chi connectivity index (χ1n) is 6.08. The molecule has 1 aliphatic carbocycles. The maximum atomic E-state index is 11.9. The Hall–Kier alpha value is -2.09. The fraction of sp³-hybridized carbons (Fsp3) is 0.545. The van der Waals surface area contributed by atoms with E-state index < -0.39 is 11.9 Å². The summed E-state index contributed by atoms with van der Waals surface area (Å²) in [6, 6.07) is -0.401. The number of nitrogens with zero attached hydrogens (tertiary/aromatic N) is 3. The van der Waals surface area contributed by atoms with Crippen LogP contribution in [0.4, 0.5) is 4.79 Å². The molecule has 0 atom stereocenters. The third-order valence-electron chi connectivity index (χ3n) is 3.11. The third-order valence-corrected chi connectivity index (χ3v) is 3.11. The number of nitrogens with one attached hydrogen (secondary N) is 1. The average Bonchev–Trinajstić information content (AvgIpc) is 3.04. The van der Waals surface area contributed by atoms with Gasteiger partial charge in [0.25, 0.3) is 5.91 Å². The van der Waals surface area contributed by atoms with Crippen LogP contribution in [-0.4, -0.2) is 47.2 Å². The number of urea groups is 1. The SMILES string of the molecule is CON1CCN(NC(=O)c2coc(C3CC3)n2)C1=O.